The van der Waals surface area contributed by atoms with Crippen molar-refractivity contribution in [3.63, 3.8) is 0 Å². The fourth-order valence-corrected chi connectivity index (χ4v) is 2.02. The van der Waals surface area contributed by atoms with E-state index in [0.717, 1.165) is 0 Å². The first kappa shape index (κ1) is 15.4. The molecule has 10 nitrogen and oxygen atoms in total. The van der Waals surface area contributed by atoms with Gasteiger partial charge in [-0.25, -0.2) is 4.98 Å². The fraction of sp³-hybridized carbons (Fsp3) is 0.545. The van der Waals surface area contributed by atoms with Gasteiger partial charge < -0.3 is 21.1 Å². The minimum Gasteiger partial charge on any atom is -0.396 e. The van der Waals surface area contributed by atoms with Crippen LogP contribution in [0.25, 0.3) is 11.0 Å². The second kappa shape index (κ2) is 6.63. The summed E-state index contributed by atoms with van der Waals surface area (Å²) in [6, 6.07) is 0. The molecule has 10 heteroatoms. The zero-order valence-corrected chi connectivity index (χ0v) is 11.3. The van der Waals surface area contributed by atoms with Gasteiger partial charge >= 0.3 is 0 Å². The molecule has 0 saturated carbocycles. The Labute approximate surface area is 119 Å². The summed E-state index contributed by atoms with van der Waals surface area (Å²) < 4.78 is 0. The standard InChI is InChI=1S/C11H18N6O4/c12-11-13-8-7(15-16-9(8)10(21)14-11)2-17(5-20)1-6(3-18)4-19/h6,18-20H,1-5H2,(H,15,16)(H3,12,13,14,21). The van der Waals surface area contributed by atoms with E-state index in [0.29, 0.717) is 11.2 Å². The lowest BCUT2D eigenvalue weighted by Crippen LogP contribution is -2.33. The fourth-order valence-electron chi connectivity index (χ4n) is 2.02. The van der Waals surface area contributed by atoms with E-state index in [1.165, 1.54) is 0 Å². The Balaban J connectivity index is 2.24. The second-order valence-electron chi connectivity index (χ2n) is 4.73. The number of fused-ring (bicyclic) bond motifs is 1. The maximum Gasteiger partial charge on any atom is 0.280 e. The molecular formula is C11H18N6O4. The first-order valence-electron chi connectivity index (χ1n) is 6.36. The predicted octanol–water partition coefficient (Wildman–Crippen LogP) is -2.42. The lowest BCUT2D eigenvalue weighted by molar-refractivity contribution is 0.0518. The van der Waals surface area contributed by atoms with Gasteiger partial charge in [0, 0.05) is 32.2 Å². The molecule has 0 aliphatic heterocycles. The zero-order valence-electron chi connectivity index (χ0n) is 11.3. The summed E-state index contributed by atoms with van der Waals surface area (Å²) in [6.07, 6.45) is 0. The number of anilines is 1. The SMILES string of the molecule is Nc1nc2c(CN(CO)CC(CO)CO)[nH]nc2c(=O)[nH]1. The van der Waals surface area contributed by atoms with Gasteiger partial charge in [-0.2, -0.15) is 5.10 Å². The van der Waals surface area contributed by atoms with Gasteiger partial charge in [0.1, 0.15) is 5.52 Å². The number of aromatic nitrogens is 4. The van der Waals surface area contributed by atoms with Crippen LogP contribution < -0.4 is 11.3 Å². The summed E-state index contributed by atoms with van der Waals surface area (Å²) in [6.45, 7) is -0.166. The summed E-state index contributed by atoms with van der Waals surface area (Å²) in [5, 5.41) is 34.1. The van der Waals surface area contributed by atoms with Crippen LogP contribution in [0.15, 0.2) is 4.79 Å². The second-order valence-corrected chi connectivity index (χ2v) is 4.73. The number of H-pyrrole nitrogens is 2. The molecule has 0 unspecified atom stereocenters. The molecule has 2 aromatic heterocycles. The molecule has 0 bridgehead atoms. The molecule has 7 N–H and O–H groups in total. The molecule has 0 aliphatic rings. The van der Waals surface area contributed by atoms with Crippen molar-refractivity contribution in [1.82, 2.24) is 25.1 Å². The van der Waals surface area contributed by atoms with E-state index in [-0.39, 0.29) is 50.4 Å². The number of aliphatic hydroxyl groups is 3. The average molecular weight is 298 g/mol. The Hall–Kier alpha value is -2.01. The van der Waals surface area contributed by atoms with Gasteiger partial charge in [-0.15, -0.1) is 0 Å². The molecule has 0 radical (unpaired) electrons. The number of aromatic amines is 2. The number of aliphatic hydroxyl groups excluding tert-OH is 3. The predicted molar refractivity (Wildman–Crippen MR) is 74.1 cm³/mol. The van der Waals surface area contributed by atoms with Crippen molar-refractivity contribution in [3.05, 3.63) is 16.0 Å². The number of nitrogen functional groups attached to an aromatic ring is 1. The van der Waals surface area contributed by atoms with Gasteiger partial charge in [-0.05, 0) is 0 Å². The molecule has 21 heavy (non-hydrogen) atoms. The van der Waals surface area contributed by atoms with Crippen molar-refractivity contribution in [1.29, 1.82) is 0 Å². The van der Waals surface area contributed by atoms with E-state index in [4.69, 9.17) is 15.9 Å². The molecule has 0 aliphatic carbocycles. The molecule has 0 aromatic carbocycles. The minimum absolute atomic E-state index is 0.0192. The Morgan fingerprint density at radius 2 is 1.95 bits per heavy atom. The van der Waals surface area contributed by atoms with Crippen LogP contribution in [0.3, 0.4) is 0 Å². The van der Waals surface area contributed by atoms with Crippen LogP contribution in [-0.2, 0) is 6.54 Å². The molecule has 0 amide bonds. The van der Waals surface area contributed by atoms with E-state index in [9.17, 15) is 9.90 Å². The van der Waals surface area contributed by atoms with E-state index in [1.807, 2.05) is 0 Å². The summed E-state index contributed by atoms with van der Waals surface area (Å²) in [7, 11) is 0. The zero-order chi connectivity index (χ0) is 15.4. The third-order valence-electron chi connectivity index (χ3n) is 3.12. The smallest absolute Gasteiger partial charge is 0.280 e. The van der Waals surface area contributed by atoms with E-state index >= 15 is 0 Å². The average Bonchev–Trinajstić information content (AvgIpc) is 2.86. The van der Waals surface area contributed by atoms with Crippen LogP contribution in [0.4, 0.5) is 5.95 Å². The van der Waals surface area contributed by atoms with Crippen molar-refractivity contribution in [2.45, 2.75) is 6.54 Å². The molecule has 2 heterocycles. The monoisotopic (exact) mass is 298 g/mol. The Morgan fingerprint density at radius 3 is 2.57 bits per heavy atom. The van der Waals surface area contributed by atoms with Gasteiger partial charge in [-0.3, -0.25) is 19.8 Å². The molecule has 0 atom stereocenters. The quantitative estimate of drug-likeness (QED) is 0.307. The first-order chi connectivity index (χ1) is 10.1. The highest BCUT2D eigenvalue weighted by molar-refractivity contribution is 5.76. The van der Waals surface area contributed by atoms with Crippen molar-refractivity contribution >= 4 is 17.0 Å². The summed E-state index contributed by atoms with van der Waals surface area (Å²) in [4.78, 5) is 19.6. The Morgan fingerprint density at radius 1 is 1.24 bits per heavy atom. The van der Waals surface area contributed by atoms with Gasteiger partial charge in [0.05, 0.1) is 12.4 Å². The van der Waals surface area contributed by atoms with E-state index in [2.05, 4.69) is 20.2 Å². The number of nitrogens with two attached hydrogens (primary N) is 1. The molecule has 0 saturated heterocycles. The van der Waals surface area contributed by atoms with Gasteiger partial charge in [0.25, 0.3) is 5.56 Å². The third-order valence-corrected chi connectivity index (χ3v) is 3.12. The normalized spacial score (nSPS) is 11.9. The van der Waals surface area contributed by atoms with Crippen LogP contribution in [0.1, 0.15) is 5.69 Å². The Kier molecular flexibility index (Phi) is 4.85. The van der Waals surface area contributed by atoms with Crippen molar-refractivity contribution in [2.75, 3.05) is 32.2 Å². The highest BCUT2D eigenvalue weighted by Crippen LogP contribution is 2.13. The van der Waals surface area contributed by atoms with E-state index in [1.54, 1.807) is 4.90 Å². The maximum atomic E-state index is 11.7. The van der Waals surface area contributed by atoms with Crippen LogP contribution in [0.2, 0.25) is 0 Å². The number of nitrogens with one attached hydrogen (secondary N) is 2. The summed E-state index contributed by atoms with van der Waals surface area (Å²) >= 11 is 0. The molecule has 0 spiro atoms. The van der Waals surface area contributed by atoms with Gasteiger partial charge in [-0.1, -0.05) is 0 Å². The van der Waals surface area contributed by atoms with Crippen molar-refractivity contribution in [2.24, 2.45) is 5.92 Å². The van der Waals surface area contributed by atoms with E-state index < -0.39 is 5.56 Å². The minimum atomic E-state index is -0.445. The highest BCUT2D eigenvalue weighted by Gasteiger charge is 2.17. The summed E-state index contributed by atoms with van der Waals surface area (Å²) in [5.74, 6) is -0.387. The molecule has 2 rings (SSSR count). The lowest BCUT2D eigenvalue weighted by atomic mass is 10.1. The van der Waals surface area contributed by atoms with Gasteiger partial charge in [0.2, 0.25) is 5.95 Å². The lowest BCUT2D eigenvalue weighted by Gasteiger charge is -2.22. The van der Waals surface area contributed by atoms with Crippen LogP contribution in [0.5, 0.6) is 0 Å². The van der Waals surface area contributed by atoms with Crippen LogP contribution in [-0.4, -0.2) is 66.9 Å². The maximum absolute atomic E-state index is 11.7. The topological polar surface area (TPSA) is 164 Å². The molecule has 0 fully saturated rings. The van der Waals surface area contributed by atoms with Gasteiger partial charge in [0.15, 0.2) is 5.52 Å². The number of nitrogens with zero attached hydrogens (tertiary/aromatic N) is 3. The third kappa shape index (κ3) is 3.36. The Bertz CT molecular complexity index is 650. The summed E-state index contributed by atoms with van der Waals surface area (Å²) in [5.41, 5.74) is 6.05. The highest BCUT2D eigenvalue weighted by atomic mass is 16.3. The largest absolute Gasteiger partial charge is 0.396 e. The van der Waals surface area contributed by atoms with Crippen LogP contribution in [0, 0.1) is 5.92 Å². The number of hydrogen-bond acceptors (Lipinski definition) is 8. The molecule has 2 aromatic rings. The van der Waals surface area contributed by atoms with Crippen LogP contribution >= 0.6 is 0 Å². The first-order valence-corrected chi connectivity index (χ1v) is 6.36. The molecule has 116 valence electrons. The molecular weight excluding hydrogens is 280 g/mol. The van der Waals surface area contributed by atoms with Crippen molar-refractivity contribution in [3.8, 4) is 0 Å². The number of hydrogen-bond donors (Lipinski definition) is 6. The number of rotatable bonds is 7. The van der Waals surface area contributed by atoms with Crippen molar-refractivity contribution < 1.29 is 15.3 Å².